The van der Waals surface area contributed by atoms with Crippen molar-refractivity contribution >= 4 is 97.7 Å². The van der Waals surface area contributed by atoms with Crippen molar-refractivity contribution in [3.05, 3.63) is 236 Å². The zero-order valence-electron chi connectivity index (χ0n) is 39.7. The summed E-state index contributed by atoms with van der Waals surface area (Å²) in [6.45, 7) is 6.70. The molecular weight excluding hydrogens is 1060 g/mol. The first-order chi connectivity index (χ1) is 34.9. The fourth-order valence-corrected chi connectivity index (χ4v) is 11.1. The van der Waals surface area contributed by atoms with Crippen LogP contribution in [-0.4, -0.2) is 14.0 Å². The van der Waals surface area contributed by atoms with E-state index >= 15 is 0 Å². The number of nitrogens with zero attached hydrogens (tertiary/aromatic N) is 4. The summed E-state index contributed by atoms with van der Waals surface area (Å²) in [5.74, 6) is 1.98. The second kappa shape index (κ2) is 16.9. The number of aromatic nitrogens is 4. The first-order valence-corrected chi connectivity index (χ1v) is 24.2. The van der Waals surface area contributed by atoms with Gasteiger partial charge >= 0.3 is 0 Å². The Bertz CT molecular complexity index is 4600. The second-order valence-corrected chi connectivity index (χ2v) is 19.5. The molecule has 0 spiro atoms. The van der Waals surface area contributed by atoms with Gasteiger partial charge in [0.2, 0.25) is 0 Å². The molecule has 0 saturated carbocycles. The molecule has 72 heavy (non-hydrogen) atoms. The molecule has 0 aliphatic rings. The summed E-state index contributed by atoms with van der Waals surface area (Å²) in [6, 6.07) is 81.3. The van der Waals surface area contributed by atoms with Crippen LogP contribution in [0.15, 0.2) is 212 Å². The van der Waals surface area contributed by atoms with E-state index in [-0.39, 0.29) is 26.5 Å². The van der Waals surface area contributed by atoms with Gasteiger partial charge in [0.1, 0.15) is 5.82 Å². The van der Waals surface area contributed by atoms with E-state index in [4.69, 9.17) is 9.72 Å². The first-order valence-electron chi connectivity index (χ1n) is 24.2. The van der Waals surface area contributed by atoms with Gasteiger partial charge in [-0.2, -0.15) is 12.1 Å². The van der Waals surface area contributed by atoms with Crippen molar-refractivity contribution in [3.63, 3.8) is 0 Å². The van der Waals surface area contributed by atoms with Crippen LogP contribution in [0.5, 0.6) is 11.5 Å². The van der Waals surface area contributed by atoms with E-state index in [9.17, 15) is 0 Å². The molecule has 14 rings (SSSR count). The number of pyridine rings is 1. The van der Waals surface area contributed by atoms with E-state index in [0.29, 0.717) is 11.5 Å². The monoisotopic (exact) mass is 1100 g/mol. The normalized spacial score (nSPS) is 12.0. The van der Waals surface area contributed by atoms with Crippen LogP contribution < -0.4 is 9.14 Å². The van der Waals surface area contributed by atoms with Crippen molar-refractivity contribution in [1.82, 2.24) is 14.0 Å². The molecule has 5 aromatic heterocycles. The van der Waals surface area contributed by atoms with Gasteiger partial charge in [-0.25, -0.2) is 4.98 Å². The second-order valence-electron chi connectivity index (χ2n) is 19.5. The number of fused-ring (bicyclic) bond motifs is 20. The third-order valence-corrected chi connectivity index (χ3v) is 14.3. The summed E-state index contributed by atoms with van der Waals surface area (Å²) < 4.78 is 13.7. The number of rotatable bonds is 4. The fourth-order valence-electron chi connectivity index (χ4n) is 11.1. The number of imidazole rings is 1. The maximum Gasteiger partial charge on any atom is 0.268 e. The number of hydrogen-bond donors (Lipinski definition) is 0. The number of para-hydroxylation sites is 2. The van der Waals surface area contributed by atoms with Crippen LogP contribution in [0.1, 0.15) is 26.3 Å². The SMILES string of the molecule is CC(C)(C)c1ccnc(-n2c3[c-]c(Oc4[c-]c5c(cc4)c4ccccc4c4ccccc4c4c6c7ccccc7c7ccccc7c7cccc(-c8ccccc8)c7[n+]6[c-]n54)ccc3c3ccccc32)c1.[Pt]. The molecule has 0 N–H and O–H groups in total. The van der Waals surface area contributed by atoms with Crippen LogP contribution in [0.4, 0.5) is 0 Å². The first kappa shape index (κ1) is 43.6. The molecule has 0 saturated heterocycles. The number of hydrogen-bond acceptors (Lipinski definition) is 2. The Morgan fingerprint density at radius 3 is 1.61 bits per heavy atom. The molecule has 9 aromatic carbocycles. The van der Waals surface area contributed by atoms with E-state index < -0.39 is 0 Å². The fraction of sp³-hybridized carbons (Fsp3) is 0.0606. The van der Waals surface area contributed by atoms with Crippen molar-refractivity contribution in [3.8, 4) is 28.4 Å². The third kappa shape index (κ3) is 6.79. The van der Waals surface area contributed by atoms with E-state index in [0.717, 1.165) is 104 Å². The average molecular weight is 1100 g/mol. The molecule has 0 amide bonds. The Morgan fingerprint density at radius 2 is 0.958 bits per heavy atom. The number of ether oxygens (including phenoxy) is 1. The Hall–Kier alpha value is -8.37. The van der Waals surface area contributed by atoms with Crippen molar-refractivity contribution in [1.29, 1.82) is 0 Å². The van der Waals surface area contributed by atoms with Gasteiger partial charge in [0.25, 0.3) is 6.33 Å². The zero-order valence-corrected chi connectivity index (χ0v) is 42.0. The van der Waals surface area contributed by atoms with Crippen molar-refractivity contribution < 1.29 is 30.2 Å². The van der Waals surface area contributed by atoms with Gasteiger partial charge in [-0.3, -0.25) is 4.40 Å². The van der Waals surface area contributed by atoms with E-state index in [2.05, 4.69) is 247 Å². The molecule has 346 valence electrons. The van der Waals surface area contributed by atoms with Crippen LogP contribution in [0.3, 0.4) is 0 Å². The number of benzene rings is 9. The van der Waals surface area contributed by atoms with Crippen LogP contribution in [0.25, 0.3) is 115 Å². The Labute approximate surface area is 430 Å². The molecule has 0 atom stereocenters. The molecule has 0 aliphatic heterocycles. The molecule has 6 heteroatoms. The molecule has 0 radical (unpaired) electrons. The minimum atomic E-state index is -0.0492. The van der Waals surface area contributed by atoms with Crippen LogP contribution in [0, 0.1) is 18.5 Å². The summed E-state index contributed by atoms with van der Waals surface area (Å²) in [7, 11) is 0. The molecule has 0 bridgehead atoms. The summed E-state index contributed by atoms with van der Waals surface area (Å²) in [5, 5.41) is 13.4. The van der Waals surface area contributed by atoms with Crippen LogP contribution in [-0.2, 0) is 26.5 Å². The summed E-state index contributed by atoms with van der Waals surface area (Å²) in [6.07, 6.45) is 5.96. The molecule has 5 nitrogen and oxygen atoms in total. The van der Waals surface area contributed by atoms with Crippen LogP contribution in [0.2, 0.25) is 0 Å². The quantitative estimate of drug-likeness (QED) is 0.130. The van der Waals surface area contributed by atoms with Gasteiger partial charge in [-0.05, 0) is 94.3 Å². The van der Waals surface area contributed by atoms with Gasteiger partial charge < -0.3 is 13.7 Å². The Morgan fingerprint density at radius 1 is 0.458 bits per heavy atom. The van der Waals surface area contributed by atoms with E-state index in [1.807, 2.05) is 18.3 Å². The average Bonchev–Trinajstić information content (AvgIpc) is 3.96. The molecule has 14 aromatic rings. The van der Waals surface area contributed by atoms with Gasteiger partial charge in [-0.15, -0.1) is 35.0 Å². The van der Waals surface area contributed by atoms with Crippen LogP contribution >= 0.6 is 0 Å². The van der Waals surface area contributed by atoms with Crippen molar-refractivity contribution in [2.75, 3.05) is 0 Å². The minimum absolute atomic E-state index is 0. The van der Waals surface area contributed by atoms with Gasteiger partial charge in [-0.1, -0.05) is 195 Å². The smallest absolute Gasteiger partial charge is 0.268 e. The Kier molecular flexibility index (Phi) is 10.2. The predicted molar refractivity (Wildman–Crippen MR) is 293 cm³/mol. The van der Waals surface area contributed by atoms with E-state index in [1.54, 1.807) is 0 Å². The van der Waals surface area contributed by atoms with Gasteiger partial charge in [0.15, 0.2) is 0 Å². The minimum Gasteiger partial charge on any atom is -0.510 e. The summed E-state index contributed by atoms with van der Waals surface area (Å²) >= 11 is 0. The predicted octanol–water partition coefficient (Wildman–Crippen LogP) is 16.4. The van der Waals surface area contributed by atoms with Gasteiger partial charge in [0, 0.05) is 44.3 Å². The zero-order chi connectivity index (χ0) is 47.4. The largest absolute Gasteiger partial charge is 0.510 e. The van der Waals surface area contributed by atoms with Crippen molar-refractivity contribution in [2.45, 2.75) is 26.2 Å². The summed E-state index contributed by atoms with van der Waals surface area (Å²) in [4.78, 5) is 4.92. The molecule has 0 aliphatic carbocycles. The van der Waals surface area contributed by atoms with Gasteiger partial charge in [0.05, 0.1) is 16.6 Å². The Balaban J connectivity index is 0.00000504. The summed E-state index contributed by atoms with van der Waals surface area (Å²) in [5.41, 5.74) is 9.27. The topological polar surface area (TPSA) is 35.6 Å². The maximum absolute atomic E-state index is 6.96. The van der Waals surface area contributed by atoms with Crippen molar-refractivity contribution in [2.24, 2.45) is 0 Å². The standard InChI is InChI=1S/C66H44N4O.Pt/c1-66(2,3)43-36-37-67-62(38-43)70-59-31-16-15-26-53(59)55-35-33-45(40-61(55)70)71-44-32-34-54-49-22-9-7-20-47(49)51-24-11-13-27-57(51)64-65-58-28-14-12-25-52(58)48-21-8-10-23-50(48)56-30-17-29-46(42-18-5-4-6-19-42)63(56)69(65)41-68(64)60(54)39-44;/h4-38H,1-3H3;/q-2;. The molecule has 0 unspecified atom stereocenters. The maximum atomic E-state index is 6.96. The third-order valence-electron chi connectivity index (χ3n) is 14.3. The van der Waals surface area contributed by atoms with E-state index in [1.165, 1.54) is 16.3 Å². The molecule has 5 heterocycles. The molecule has 0 fully saturated rings. The molecular formula is C66H44N4OPt-2.